The first-order valence-electron chi connectivity index (χ1n) is 6.23. The van der Waals surface area contributed by atoms with Crippen molar-refractivity contribution in [1.29, 1.82) is 0 Å². The Labute approximate surface area is 108 Å². The minimum Gasteiger partial charge on any atom is -0.447 e. The van der Waals surface area contributed by atoms with Gasteiger partial charge in [0.1, 0.15) is 6.61 Å². The minimum atomic E-state index is -0.490. The van der Waals surface area contributed by atoms with Crippen LogP contribution in [-0.4, -0.2) is 30.1 Å². The van der Waals surface area contributed by atoms with E-state index in [0.29, 0.717) is 19.6 Å². The number of rotatable bonds is 3. The van der Waals surface area contributed by atoms with E-state index in [-0.39, 0.29) is 5.91 Å². The Kier molecular flexibility index (Phi) is 6.54. The van der Waals surface area contributed by atoms with Gasteiger partial charge in [-0.2, -0.15) is 0 Å². The predicted molar refractivity (Wildman–Crippen MR) is 69.0 cm³/mol. The van der Waals surface area contributed by atoms with Crippen LogP contribution in [-0.2, 0) is 9.53 Å². The lowest BCUT2D eigenvalue weighted by Gasteiger charge is -2.09. The van der Waals surface area contributed by atoms with Crippen molar-refractivity contribution >= 4 is 12.0 Å². The molecule has 0 unspecified atom stereocenters. The molecule has 0 bridgehead atoms. The highest BCUT2D eigenvalue weighted by Gasteiger charge is 2.27. The van der Waals surface area contributed by atoms with Crippen molar-refractivity contribution in [2.75, 3.05) is 13.2 Å². The van der Waals surface area contributed by atoms with Crippen molar-refractivity contribution in [3.63, 3.8) is 0 Å². The molecule has 98 valence electrons. The molecule has 0 spiro atoms. The van der Waals surface area contributed by atoms with E-state index in [0.717, 1.165) is 12.8 Å². The van der Waals surface area contributed by atoms with E-state index in [1.54, 1.807) is 0 Å². The van der Waals surface area contributed by atoms with E-state index in [1.807, 2.05) is 43.3 Å². The zero-order valence-electron chi connectivity index (χ0n) is 10.7. The number of carbonyl (C=O) groups excluding carboxylic acids is 2. The Hall–Kier alpha value is -1.84. The van der Waals surface area contributed by atoms with Crippen molar-refractivity contribution in [2.45, 2.75) is 26.2 Å². The highest BCUT2D eigenvalue weighted by Crippen LogP contribution is 2.07. The number of ether oxygens (including phenoxy) is 1. The normalized spacial score (nSPS) is 13.6. The Morgan fingerprint density at radius 3 is 2.17 bits per heavy atom. The molecule has 0 saturated carbocycles. The molecule has 1 aromatic rings. The van der Waals surface area contributed by atoms with Crippen LogP contribution in [0.25, 0.3) is 0 Å². The molecule has 0 atom stereocenters. The van der Waals surface area contributed by atoms with Crippen molar-refractivity contribution in [1.82, 2.24) is 4.90 Å². The molecule has 0 radical (unpaired) electrons. The van der Waals surface area contributed by atoms with Crippen LogP contribution in [0.15, 0.2) is 36.4 Å². The summed E-state index contributed by atoms with van der Waals surface area (Å²) in [5, 5.41) is 0. The summed E-state index contributed by atoms with van der Waals surface area (Å²) in [5.74, 6) is -0.112. The van der Waals surface area contributed by atoms with Gasteiger partial charge in [0, 0.05) is 6.42 Å². The van der Waals surface area contributed by atoms with Crippen molar-refractivity contribution in [3.05, 3.63) is 36.4 Å². The molecule has 1 fully saturated rings. The topological polar surface area (TPSA) is 46.6 Å². The molecule has 0 aromatic heterocycles. The van der Waals surface area contributed by atoms with Gasteiger partial charge in [-0.1, -0.05) is 49.7 Å². The molecule has 4 nitrogen and oxygen atoms in total. The number of carbonyl (C=O) groups is 2. The van der Waals surface area contributed by atoms with Crippen LogP contribution in [0.4, 0.5) is 4.79 Å². The van der Waals surface area contributed by atoms with Crippen LogP contribution in [0.5, 0.6) is 0 Å². The van der Waals surface area contributed by atoms with E-state index >= 15 is 0 Å². The van der Waals surface area contributed by atoms with Gasteiger partial charge in [0.2, 0.25) is 5.91 Å². The molecular formula is C14H19NO3. The first-order valence-corrected chi connectivity index (χ1v) is 6.23. The molecule has 2 amide bonds. The smallest absolute Gasteiger partial charge is 0.416 e. The molecule has 1 heterocycles. The number of cyclic esters (lactones) is 1. The second kappa shape index (κ2) is 8.28. The van der Waals surface area contributed by atoms with Crippen LogP contribution in [0.1, 0.15) is 26.2 Å². The summed E-state index contributed by atoms with van der Waals surface area (Å²) in [6.07, 6.45) is 1.76. The van der Waals surface area contributed by atoms with E-state index in [4.69, 9.17) is 0 Å². The van der Waals surface area contributed by atoms with Gasteiger partial charge in [0.15, 0.2) is 0 Å². The maximum Gasteiger partial charge on any atom is 0.416 e. The van der Waals surface area contributed by atoms with Gasteiger partial charge in [0.05, 0.1) is 6.54 Å². The summed E-state index contributed by atoms with van der Waals surface area (Å²) in [5.41, 5.74) is 0. The number of hydrogen-bond donors (Lipinski definition) is 0. The molecule has 0 N–H and O–H groups in total. The first kappa shape index (κ1) is 14.2. The molecule has 4 heteroatoms. The fourth-order valence-corrected chi connectivity index (χ4v) is 1.47. The Bertz CT molecular complexity index is 338. The lowest BCUT2D eigenvalue weighted by molar-refractivity contribution is -0.127. The van der Waals surface area contributed by atoms with Crippen LogP contribution in [0.2, 0.25) is 0 Å². The van der Waals surface area contributed by atoms with Gasteiger partial charge in [-0.05, 0) is 6.42 Å². The van der Waals surface area contributed by atoms with E-state index in [2.05, 4.69) is 4.74 Å². The van der Waals surface area contributed by atoms with Gasteiger partial charge < -0.3 is 4.74 Å². The van der Waals surface area contributed by atoms with E-state index in [1.165, 1.54) is 4.90 Å². The monoisotopic (exact) mass is 249 g/mol. The second-order valence-electron chi connectivity index (χ2n) is 3.92. The molecule has 2 rings (SSSR count). The molecule has 1 aromatic carbocycles. The molecule has 1 aliphatic heterocycles. The summed E-state index contributed by atoms with van der Waals surface area (Å²) in [4.78, 5) is 23.3. The van der Waals surface area contributed by atoms with Gasteiger partial charge in [-0.15, -0.1) is 0 Å². The largest absolute Gasteiger partial charge is 0.447 e. The predicted octanol–water partition coefficient (Wildman–Crippen LogP) is 2.84. The SMILES string of the molecule is CCCCC(=O)N1CCOC1=O.c1ccccc1. The lowest BCUT2D eigenvalue weighted by atomic mass is 10.2. The third-order valence-corrected chi connectivity index (χ3v) is 2.47. The molecule has 0 aliphatic carbocycles. The van der Waals surface area contributed by atoms with Crippen molar-refractivity contribution in [3.8, 4) is 0 Å². The molecule has 1 aliphatic rings. The van der Waals surface area contributed by atoms with Crippen LogP contribution in [0.3, 0.4) is 0 Å². The molecular weight excluding hydrogens is 230 g/mol. The average Bonchev–Trinajstić information content (AvgIpc) is 2.85. The summed E-state index contributed by atoms with van der Waals surface area (Å²) in [6.45, 7) is 2.77. The lowest BCUT2D eigenvalue weighted by Crippen LogP contribution is -2.31. The standard InChI is InChI=1S/C8H13NO3.C6H6/c1-2-3-4-7(10)9-5-6-12-8(9)11;1-2-4-6-5-3-1/h2-6H2,1H3;1-6H. The first-order chi connectivity index (χ1) is 8.75. The molecule has 1 saturated heterocycles. The summed E-state index contributed by atoms with van der Waals surface area (Å²) >= 11 is 0. The fourth-order valence-electron chi connectivity index (χ4n) is 1.47. The Morgan fingerprint density at radius 2 is 1.78 bits per heavy atom. The average molecular weight is 249 g/mol. The van der Waals surface area contributed by atoms with Gasteiger partial charge in [-0.3, -0.25) is 4.79 Å². The Balaban J connectivity index is 0.000000225. The number of benzene rings is 1. The summed E-state index contributed by atoms with van der Waals surface area (Å²) < 4.78 is 4.63. The van der Waals surface area contributed by atoms with Gasteiger partial charge in [-0.25, -0.2) is 9.69 Å². The fraction of sp³-hybridized carbons (Fsp3) is 0.429. The number of amides is 2. The summed E-state index contributed by atoms with van der Waals surface area (Å²) in [7, 11) is 0. The number of nitrogens with zero attached hydrogens (tertiary/aromatic N) is 1. The van der Waals surface area contributed by atoms with Gasteiger partial charge >= 0.3 is 6.09 Å². The zero-order chi connectivity index (χ0) is 13.2. The Morgan fingerprint density at radius 1 is 1.22 bits per heavy atom. The number of unbranched alkanes of at least 4 members (excludes halogenated alkanes) is 1. The van der Waals surface area contributed by atoms with Crippen LogP contribution < -0.4 is 0 Å². The van der Waals surface area contributed by atoms with E-state index in [9.17, 15) is 9.59 Å². The maximum atomic E-state index is 11.2. The minimum absolute atomic E-state index is 0.112. The quantitative estimate of drug-likeness (QED) is 0.827. The highest BCUT2D eigenvalue weighted by atomic mass is 16.6. The third kappa shape index (κ3) is 4.99. The van der Waals surface area contributed by atoms with Gasteiger partial charge in [0.25, 0.3) is 0 Å². The zero-order valence-corrected chi connectivity index (χ0v) is 10.7. The third-order valence-electron chi connectivity index (χ3n) is 2.47. The summed E-state index contributed by atoms with van der Waals surface area (Å²) in [6, 6.07) is 12.0. The maximum absolute atomic E-state index is 11.2. The second-order valence-corrected chi connectivity index (χ2v) is 3.92. The van der Waals surface area contributed by atoms with Crippen LogP contribution >= 0.6 is 0 Å². The number of hydrogen-bond acceptors (Lipinski definition) is 3. The molecule has 18 heavy (non-hydrogen) atoms. The van der Waals surface area contributed by atoms with Crippen molar-refractivity contribution < 1.29 is 14.3 Å². The van der Waals surface area contributed by atoms with Crippen LogP contribution in [0, 0.1) is 0 Å². The highest BCUT2D eigenvalue weighted by molar-refractivity contribution is 5.92. The van der Waals surface area contributed by atoms with E-state index < -0.39 is 6.09 Å². The van der Waals surface area contributed by atoms with Crippen molar-refractivity contribution in [2.24, 2.45) is 0 Å². The number of imide groups is 1.